The summed E-state index contributed by atoms with van der Waals surface area (Å²) in [5, 5.41) is 4.15. The van der Waals surface area contributed by atoms with Crippen molar-refractivity contribution in [1.29, 1.82) is 0 Å². The van der Waals surface area contributed by atoms with E-state index in [-0.39, 0.29) is 11.5 Å². The summed E-state index contributed by atoms with van der Waals surface area (Å²) >= 11 is 0. The van der Waals surface area contributed by atoms with Crippen molar-refractivity contribution in [3.05, 3.63) is 36.0 Å². The third kappa shape index (κ3) is 3.95. The van der Waals surface area contributed by atoms with Gasteiger partial charge >= 0.3 is 0 Å². The molecule has 136 valence electrons. The molecule has 0 aliphatic carbocycles. The number of aromatic nitrogens is 2. The smallest absolute Gasteiger partial charge is 0.243 e. The van der Waals surface area contributed by atoms with Gasteiger partial charge in [-0.05, 0) is 31.2 Å². The van der Waals surface area contributed by atoms with Crippen LogP contribution in [0.25, 0.3) is 0 Å². The maximum Gasteiger partial charge on any atom is 0.243 e. The molecule has 1 aromatic heterocycles. The highest BCUT2D eigenvalue weighted by molar-refractivity contribution is 5.49. The monoisotopic (exact) mass is 344 g/mol. The maximum absolute atomic E-state index is 5.51. The van der Waals surface area contributed by atoms with Gasteiger partial charge in [0.15, 0.2) is 5.82 Å². The highest BCUT2D eigenvalue weighted by Crippen LogP contribution is 2.26. The summed E-state index contributed by atoms with van der Waals surface area (Å²) in [7, 11) is 1.69. The van der Waals surface area contributed by atoms with Crippen molar-refractivity contribution in [2.75, 3.05) is 38.2 Å². The van der Waals surface area contributed by atoms with E-state index in [1.807, 2.05) is 12.1 Å². The van der Waals surface area contributed by atoms with Crippen LogP contribution in [0.3, 0.4) is 0 Å². The van der Waals surface area contributed by atoms with Crippen LogP contribution in [-0.4, -0.2) is 48.3 Å². The summed E-state index contributed by atoms with van der Waals surface area (Å²) in [5.74, 6) is 2.37. The number of nitrogens with zero attached hydrogens (tertiary/aromatic N) is 4. The first kappa shape index (κ1) is 17.7. The number of rotatable bonds is 4. The van der Waals surface area contributed by atoms with Crippen molar-refractivity contribution < 1.29 is 9.26 Å². The van der Waals surface area contributed by atoms with Crippen LogP contribution >= 0.6 is 0 Å². The van der Waals surface area contributed by atoms with Gasteiger partial charge < -0.3 is 14.2 Å². The number of piperazine rings is 1. The quantitative estimate of drug-likeness (QED) is 0.848. The van der Waals surface area contributed by atoms with E-state index in [1.54, 1.807) is 7.11 Å². The summed E-state index contributed by atoms with van der Waals surface area (Å²) in [6, 6.07) is 8.40. The average molecular weight is 344 g/mol. The molecule has 3 rings (SSSR count). The lowest BCUT2D eigenvalue weighted by molar-refractivity contribution is 0.164. The molecule has 1 aliphatic rings. The zero-order valence-corrected chi connectivity index (χ0v) is 15.8. The van der Waals surface area contributed by atoms with Gasteiger partial charge in [-0.3, -0.25) is 4.90 Å². The first-order valence-corrected chi connectivity index (χ1v) is 8.85. The summed E-state index contributed by atoms with van der Waals surface area (Å²) in [6.45, 7) is 12.3. The number of ether oxygens (including phenoxy) is 1. The Bertz CT molecular complexity index is 682. The predicted molar refractivity (Wildman–Crippen MR) is 98.2 cm³/mol. The number of anilines is 1. The minimum atomic E-state index is -0.0888. The van der Waals surface area contributed by atoms with Crippen molar-refractivity contribution in [2.45, 2.75) is 39.2 Å². The van der Waals surface area contributed by atoms with E-state index in [9.17, 15) is 0 Å². The largest absolute Gasteiger partial charge is 0.497 e. The predicted octanol–water partition coefficient (Wildman–Crippen LogP) is 3.26. The molecule has 1 aromatic carbocycles. The summed E-state index contributed by atoms with van der Waals surface area (Å²) in [4.78, 5) is 9.41. The Balaban J connectivity index is 1.60. The van der Waals surface area contributed by atoms with Crippen molar-refractivity contribution in [3.63, 3.8) is 0 Å². The molecule has 1 aliphatic heterocycles. The fraction of sp³-hybridized carbons (Fsp3) is 0.579. The van der Waals surface area contributed by atoms with Crippen molar-refractivity contribution in [2.24, 2.45) is 0 Å². The van der Waals surface area contributed by atoms with Gasteiger partial charge in [-0.1, -0.05) is 25.9 Å². The molecule has 6 heteroatoms. The first-order chi connectivity index (χ1) is 11.9. The molecule has 1 unspecified atom stereocenters. The van der Waals surface area contributed by atoms with Crippen LogP contribution in [-0.2, 0) is 5.41 Å². The number of methoxy groups -OCH3 is 1. The molecule has 0 saturated carbocycles. The van der Waals surface area contributed by atoms with Crippen LogP contribution in [0.5, 0.6) is 5.75 Å². The van der Waals surface area contributed by atoms with Crippen LogP contribution in [0.2, 0.25) is 0 Å². The molecular formula is C19H28N4O2. The van der Waals surface area contributed by atoms with Crippen molar-refractivity contribution in [1.82, 2.24) is 15.0 Å². The normalized spacial score (nSPS) is 17.6. The minimum Gasteiger partial charge on any atom is -0.497 e. The Hall–Kier alpha value is -2.08. The first-order valence-electron chi connectivity index (χ1n) is 8.85. The lowest BCUT2D eigenvalue weighted by Crippen LogP contribution is -2.47. The topological polar surface area (TPSA) is 54.6 Å². The molecule has 6 nitrogen and oxygen atoms in total. The SMILES string of the molecule is COc1ccc(N2CCN(C(C)c3nc(C(C)(C)C)no3)CC2)cc1. The molecule has 0 radical (unpaired) electrons. The van der Waals surface area contributed by atoms with Crippen LogP contribution in [0.1, 0.15) is 45.5 Å². The Kier molecular flexibility index (Phi) is 4.99. The Labute approximate surface area is 149 Å². The van der Waals surface area contributed by atoms with E-state index >= 15 is 0 Å². The van der Waals surface area contributed by atoms with Gasteiger partial charge in [-0.25, -0.2) is 0 Å². The lowest BCUT2D eigenvalue weighted by Gasteiger charge is -2.38. The molecular weight excluding hydrogens is 316 g/mol. The second-order valence-electron chi connectivity index (χ2n) is 7.60. The van der Waals surface area contributed by atoms with Crippen LogP contribution < -0.4 is 9.64 Å². The van der Waals surface area contributed by atoms with Crippen LogP contribution in [0.4, 0.5) is 5.69 Å². The van der Waals surface area contributed by atoms with Gasteiger partial charge in [-0.2, -0.15) is 4.98 Å². The second-order valence-corrected chi connectivity index (χ2v) is 7.60. The summed E-state index contributed by atoms with van der Waals surface area (Å²) in [5.41, 5.74) is 1.15. The third-order valence-electron chi connectivity index (χ3n) is 4.77. The molecule has 0 spiro atoms. The van der Waals surface area contributed by atoms with Crippen molar-refractivity contribution in [3.8, 4) is 5.75 Å². The van der Waals surface area contributed by atoms with E-state index in [2.05, 4.69) is 59.8 Å². The van der Waals surface area contributed by atoms with Crippen molar-refractivity contribution >= 4 is 5.69 Å². The van der Waals surface area contributed by atoms with Gasteiger partial charge in [0.1, 0.15) is 5.75 Å². The summed E-state index contributed by atoms with van der Waals surface area (Å²) in [6.07, 6.45) is 0. The van der Waals surface area contributed by atoms with Gasteiger partial charge in [0.2, 0.25) is 5.89 Å². The molecule has 0 N–H and O–H groups in total. The fourth-order valence-corrected chi connectivity index (χ4v) is 3.03. The molecule has 1 atom stereocenters. The maximum atomic E-state index is 5.51. The number of hydrogen-bond acceptors (Lipinski definition) is 6. The lowest BCUT2D eigenvalue weighted by atomic mass is 9.96. The third-order valence-corrected chi connectivity index (χ3v) is 4.77. The zero-order valence-electron chi connectivity index (χ0n) is 15.8. The fourth-order valence-electron chi connectivity index (χ4n) is 3.03. The molecule has 25 heavy (non-hydrogen) atoms. The molecule has 0 bridgehead atoms. The van der Waals surface area contributed by atoms with Gasteiger partial charge in [0, 0.05) is 37.3 Å². The highest BCUT2D eigenvalue weighted by atomic mass is 16.5. The van der Waals surface area contributed by atoms with E-state index in [1.165, 1.54) is 5.69 Å². The average Bonchev–Trinajstić information content (AvgIpc) is 3.12. The van der Waals surface area contributed by atoms with Crippen LogP contribution in [0.15, 0.2) is 28.8 Å². The molecule has 2 aromatic rings. The zero-order chi connectivity index (χ0) is 18.0. The summed E-state index contributed by atoms with van der Waals surface area (Å²) < 4.78 is 10.7. The Morgan fingerprint density at radius 1 is 1.08 bits per heavy atom. The number of benzene rings is 1. The highest BCUT2D eigenvalue weighted by Gasteiger charge is 2.28. The Morgan fingerprint density at radius 2 is 1.72 bits per heavy atom. The van der Waals surface area contributed by atoms with E-state index in [0.717, 1.165) is 37.8 Å². The number of hydrogen-bond donors (Lipinski definition) is 0. The van der Waals surface area contributed by atoms with Gasteiger partial charge in [-0.15, -0.1) is 0 Å². The van der Waals surface area contributed by atoms with E-state index in [4.69, 9.17) is 9.26 Å². The van der Waals surface area contributed by atoms with Crippen LogP contribution in [0, 0.1) is 0 Å². The molecule has 0 amide bonds. The molecule has 1 saturated heterocycles. The van der Waals surface area contributed by atoms with E-state index < -0.39 is 0 Å². The van der Waals surface area contributed by atoms with E-state index in [0.29, 0.717) is 5.89 Å². The Morgan fingerprint density at radius 3 is 2.24 bits per heavy atom. The second kappa shape index (κ2) is 7.04. The molecule has 1 fully saturated rings. The molecule has 2 heterocycles. The minimum absolute atomic E-state index is 0.0888. The standard InChI is InChI=1S/C19H28N4O2/c1-14(17-20-18(21-25-17)19(2,3)4)22-10-12-23(13-11-22)15-6-8-16(24-5)9-7-15/h6-9,14H,10-13H2,1-5H3. The van der Waals surface area contributed by atoms with Gasteiger partial charge in [0.05, 0.1) is 13.2 Å². The van der Waals surface area contributed by atoms with Gasteiger partial charge in [0.25, 0.3) is 0 Å².